The Kier molecular flexibility index (Phi) is 1.88. The van der Waals surface area contributed by atoms with Gasteiger partial charge in [0.15, 0.2) is 6.29 Å². The third-order valence-electron chi connectivity index (χ3n) is 2.03. The number of anilines is 1. The number of rotatable bonds is 2. The molecule has 0 bridgehead atoms. The molecule has 0 aromatic carbocycles. The van der Waals surface area contributed by atoms with Gasteiger partial charge in [-0.3, -0.25) is 4.79 Å². The monoisotopic (exact) mass is 191 g/mol. The average molecular weight is 191 g/mol. The Hall–Kier alpha value is -1.98. The summed E-state index contributed by atoms with van der Waals surface area (Å²) >= 11 is 0. The Labute approximate surface area is 79.8 Å². The van der Waals surface area contributed by atoms with E-state index in [-0.39, 0.29) is 0 Å². The summed E-state index contributed by atoms with van der Waals surface area (Å²) in [5.74, 6) is 0.712. The van der Waals surface area contributed by atoms with Crippen molar-refractivity contribution in [2.75, 3.05) is 5.73 Å². The molecular weight excluding hydrogens is 182 g/mol. The maximum absolute atomic E-state index is 10.8. The van der Waals surface area contributed by atoms with Gasteiger partial charge >= 0.3 is 0 Å². The number of carbonyl (C=O) groups is 1. The summed E-state index contributed by atoms with van der Waals surface area (Å²) in [5.41, 5.74) is 6.78. The van der Waals surface area contributed by atoms with Crippen LogP contribution in [0.25, 0.3) is 5.78 Å². The normalized spacial score (nSPS) is 10.6. The SMILES string of the molecule is CCc1nc2ncnn2c(N)c1C=O. The number of nitrogens with two attached hydrogens (primary N) is 1. The summed E-state index contributed by atoms with van der Waals surface area (Å²) in [4.78, 5) is 18.9. The van der Waals surface area contributed by atoms with Gasteiger partial charge in [0.25, 0.3) is 5.78 Å². The molecule has 0 radical (unpaired) electrons. The summed E-state index contributed by atoms with van der Waals surface area (Å²) in [7, 11) is 0. The van der Waals surface area contributed by atoms with Gasteiger partial charge in [0.05, 0.1) is 11.3 Å². The number of aromatic nitrogens is 4. The predicted molar refractivity (Wildman–Crippen MR) is 50.0 cm³/mol. The van der Waals surface area contributed by atoms with Crippen LogP contribution in [-0.2, 0) is 6.42 Å². The second kappa shape index (κ2) is 3.06. The fourth-order valence-electron chi connectivity index (χ4n) is 1.32. The molecule has 0 aliphatic heterocycles. The van der Waals surface area contributed by atoms with Crippen molar-refractivity contribution in [3.05, 3.63) is 17.6 Å². The van der Waals surface area contributed by atoms with Crippen LogP contribution in [0.15, 0.2) is 6.33 Å². The quantitative estimate of drug-likeness (QED) is 0.679. The van der Waals surface area contributed by atoms with Crippen LogP contribution in [0.3, 0.4) is 0 Å². The van der Waals surface area contributed by atoms with E-state index >= 15 is 0 Å². The zero-order valence-corrected chi connectivity index (χ0v) is 7.64. The van der Waals surface area contributed by atoms with Crippen molar-refractivity contribution in [2.45, 2.75) is 13.3 Å². The van der Waals surface area contributed by atoms with Crippen LogP contribution in [-0.4, -0.2) is 25.9 Å². The standard InChI is InChI=1S/C8H9N5O/c1-2-6-5(3-14)7(9)13-8(12-6)10-4-11-13/h3-4H,2,9H2,1H3. The molecule has 0 aliphatic carbocycles. The molecule has 0 atom stereocenters. The van der Waals surface area contributed by atoms with Crippen molar-refractivity contribution in [3.63, 3.8) is 0 Å². The van der Waals surface area contributed by atoms with Gasteiger partial charge in [0, 0.05) is 0 Å². The zero-order chi connectivity index (χ0) is 10.1. The van der Waals surface area contributed by atoms with E-state index in [1.807, 2.05) is 6.92 Å². The van der Waals surface area contributed by atoms with Crippen LogP contribution in [0.1, 0.15) is 23.0 Å². The second-order valence-corrected chi connectivity index (χ2v) is 2.80. The van der Waals surface area contributed by atoms with Crippen LogP contribution in [0.4, 0.5) is 5.82 Å². The summed E-state index contributed by atoms with van der Waals surface area (Å²) in [5, 5.41) is 3.86. The Balaban J connectivity index is 2.85. The fourth-order valence-corrected chi connectivity index (χ4v) is 1.32. The molecule has 0 aliphatic rings. The molecule has 72 valence electrons. The highest BCUT2D eigenvalue weighted by Gasteiger charge is 2.11. The predicted octanol–water partition coefficient (Wildman–Crippen LogP) is 0.0814. The average Bonchev–Trinajstić information content (AvgIpc) is 2.65. The highest BCUT2D eigenvalue weighted by Crippen LogP contribution is 2.14. The summed E-state index contributed by atoms with van der Waals surface area (Å²) in [6, 6.07) is 0. The van der Waals surface area contributed by atoms with Gasteiger partial charge < -0.3 is 5.73 Å². The van der Waals surface area contributed by atoms with E-state index in [4.69, 9.17) is 5.73 Å². The van der Waals surface area contributed by atoms with Gasteiger partial charge in [-0.05, 0) is 6.42 Å². The van der Waals surface area contributed by atoms with Crippen LogP contribution in [0, 0.1) is 0 Å². The molecule has 2 aromatic rings. The van der Waals surface area contributed by atoms with Crippen LogP contribution >= 0.6 is 0 Å². The third-order valence-corrected chi connectivity index (χ3v) is 2.03. The van der Waals surface area contributed by atoms with Crippen molar-refractivity contribution in [2.24, 2.45) is 0 Å². The molecule has 2 rings (SSSR count). The minimum absolute atomic E-state index is 0.291. The van der Waals surface area contributed by atoms with E-state index in [0.29, 0.717) is 35.6 Å². The number of fused-ring (bicyclic) bond motifs is 1. The van der Waals surface area contributed by atoms with E-state index in [0.717, 1.165) is 0 Å². The van der Waals surface area contributed by atoms with Gasteiger partial charge in [0.2, 0.25) is 0 Å². The molecule has 2 aromatic heterocycles. The Morgan fingerprint density at radius 2 is 2.43 bits per heavy atom. The first-order valence-corrected chi connectivity index (χ1v) is 4.21. The lowest BCUT2D eigenvalue weighted by Crippen LogP contribution is -2.09. The number of aldehydes is 1. The van der Waals surface area contributed by atoms with E-state index in [1.165, 1.54) is 10.8 Å². The molecule has 0 unspecified atom stereocenters. The molecule has 0 fully saturated rings. The summed E-state index contributed by atoms with van der Waals surface area (Å²) in [6.07, 6.45) is 2.69. The van der Waals surface area contributed by atoms with Gasteiger partial charge in [0.1, 0.15) is 12.1 Å². The Bertz CT molecular complexity index is 490. The smallest absolute Gasteiger partial charge is 0.254 e. The van der Waals surface area contributed by atoms with Gasteiger partial charge in [-0.1, -0.05) is 6.92 Å². The number of hydrogen-bond donors (Lipinski definition) is 1. The Morgan fingerprint density at radius 3 is 3.07 bits per heavy atom. The number of nitrogen functional groups attached to an aromatic ring is 1. The van der Waals surface area contributed by atoms with Gasteiger partial charge in [-0.2, -0.15) is 14.6 Å². The molecule has 2 heterocycles. The van der Waals surface area contributed by atoms with Gasteiger partial charge in [-0.15, -0.1) is 0 Å². The molecule has 0 spiro atoms. The van der Waals surface area contributed by atoms with E-state index < -0.39 is 0 Å². The summed E-state index contributed by atoms with van der Waals surface area (Å²) < 4.78 is 1.35. The molecule has 6 heteroatoms. The first-order chi connectivity index (χ1) is 6.77. The summed E-state index contributed by atoms with van der Waals surface area (Å²) in [6.45, 7) is 1.90. The molecule has 6 nitrogen and oxygen atoms in total. The molecule has 0 saturated heterocycles. The molecule has 0 amide bonds. The van der Waals surface area contributed by atoms with Gasteiger partial charge in [-0.25, -0.2) is 4.98 Å². The van der Waals surface area contributed by atoms with Crippen LogP contribution in [0.5, 0.6) is 0 Å². The van der Waals surface area contributed by atoms with Crippen molar-refractivity contribution in [1.82, 2.24) is 19.6 Å². The van der Waals surface area contributed by atoms with E-state index in [9.17, 15) is 4.79 Å². The van der Waals surface area contributed by atoms with Crippen LogP contribution < -0.4 is 5.73 Å². The minimum atomic E-state index is 0.291. The highest BCUT2D eigenvalue weighted by molar-refractivity contribution is 5.83. The van der Waals surface area contributed by atoms with E-state index in [2.05, 4.69) is 15.1 Å². The lowest BCUT2D eigenvalue weighted by molar-refractivity contribution is 0.112. The highest BCUT2D eigenvalue weighted by atomic mass is 16.1. The lowest BCUT2D eigenvalue weighted by atomic mass is 10.2. The molecule has 0 saturated carbocycles. The zero-order valence-electron chi connectivity index (χ0n) is 7.64. The Morgan fingerprint density at radius 1 is 1.64 bits per heavy atom. The minimum Gasteiger partial charge on any atom is -0.383 e. The van der Waals surface area contributed by atoms with E-state index in [1.54, 1.807) is 0 Å². The number of hydrogen-bond acceptors (Lipinski definition) is 5. The van der Waals surface area contributed by atoms with Crippen molar-refractivity contribution < 1.29 is 4.79 Å². The van der Waals surface area contributed by atoms with Crippen LogP contribution in [0.2, 0.25) is 0 Å². The fraction of sp³-hybridized carbons (Fsp3) is 0.250. The van der Waals surface area contributed by atoms with Crippen molar-refractivity contribution in [3.8, 4) is 0 Å². The maximum atomic E-state index is 10.8. The van der Waals surface area contributed by atoms with Crippen molar-refractivity contribution in [1.29, 1.82) is 0 Å². The molecular formula is C8H9N5O. The third kappa shape index (κ3) is 1.04. The number of nitrogens with zero attached hydrogens (tertiary/aromatic N) is 4. The number of carbonyl (C=O) groups excluding carboxylic acids is 1. The topological polar surface area (TPSA) is 86.2 Å². The lowest BCUT2D eigenvalue weighted by Gasteiger charge is -2.05. The second-order valence-electron chi connectivity index (χ2n) is 2.80. The molecule has 14 heavy (non-hydrogen) atoms. The van der Waals surface area contributed by atoms with Crippen molar-refractivity contribution >= 4 is 17.9 Å². The molecule has 2 N–H and O–H groups in total. The first-order valence-electron chi connectivity index (χ1n) is 4.21. The number of aryl methyl sites for hydroxylation is 1. The largest absolute Gasteiger partial charge is 0.383 e. The first kappa shape index (κ1) is 8.61. The maximum Gasteiger partial charge on any atom is 0.254 e.